The van der Waals surface area contributed by atoms with E-state index in [9.17, 15) is 4.79 Å². The third-order valence-electron chi connectivity index (χ3n) is 3.83. The summed E-state index contributed by atoms with van der Waals surface area (Å²) in [5, 5.41) is 0. The Morgan fingerprint density at radius 1 is 1.13 bits per heavy atom. The van der Waals surface area contributed by atoms with Crippen LogP contribution in [0.2, 0.25) is 0 Å². The van der Waals surface area contributed by atoms with Gasteiger partial charge < -0.3 is 15.4 Å². The molecule has 0 fully saturated rings. The van der Waals surface area contributed by atoms with Crippen LogP contribution < -0.4 is 10.5 Å². The number of amides is 1. The Balaban J connectivity index is 1.79. The van der Waals surface area contributed by atoms with Crippen molar-refractivity contribution in [2.75, 3.05) is 20.7 Å². The summed E-state index contributed by atoms with van der Waals surface area (Å²) in [4.78, 5) is 13.5. The number of carbonyl (C=O) groups is 1. The molecule has 0 aromatic heterocycles. The molecular formula is C19H24N2O2. The maximum atomic E-state index is 11.2. The van der Waals surface area contributed by atoms with E-state index in [-0.39, 0.29) is 5.91 Å². The monoisotopic (exact) mass is 312 g/mol. The second kappa shape index (κ2) is 8.34. The van der Waals surface area contributed by atoms with Gasteiger partial charge in [0.1, 0.15) is 5.75 Å². The number of rotatable bonds is 8. The predicted octanol–water partition coefficient (Wildman–Crippen LogP) is 2.86. The maximum Gasteiger partial charge on any atom is 0.248 e. The summed E-state index contributed by atoms with van der Waals surface area (Å²) >= 11 is 0. The van der Waals surface area contributed by atoms with Crippen molar-refractivity contribution in [3.8, 4) is 5.75 Å². The standard InChI is InChI=1S/C19H24N2O2/c1-21(14-16-5-3-7-17(13-16)19(20)22)12-4-6-15-8-10-18(23-2)11-9-15/h3,5,7-11,13H,4,6,12,14H2,1-2H3,(H2,20,22). The van der Waals surface area contributed by atoms with E-state index in [0.717, 1.165) is 37.2 Å². The van der Waals surface area contributed by atoms with Crippen LogP contribution in [0.1, 0.15) is 27.9 Å². The highest BCUT2D eigenvalue weighted by atomic mass is 16.5. The highest BCUT2D eigenvalue weighted by Gasteiger charge is 2.04. The number of aryl methyl sites for hydroxylation is 1. The van der Waals surface area contributed by atoms with Crippen molar-refractivity contribution in [2.45, 2.75) is 19.4 Å². The quantitative estimate of drug-likeness (QED) is 0.815. The lowest BCUT2D eigenvalue weighted by atomic mass is 10.1. The summed E-state index contributed by atoms with van der Waals surface area (Å²) < 4.78 is 5.16. The van der Waals surface area contributed by atoms with Gasteiger partial charge in [-0.05, 0) is 61.8 Å². The summed E-state index contributed by atoms with van der Waals surface area (Å²) in [5.74, 6) is 0.509. The van der Waals surface area contributed by atoms with E-state index in [1.165, 1.54) is 5.56 Å². The van der Waals surface area contributed by atoms with Crippen LogP contribution in [-0.4, -0.2) is 31.5 Å². The van der Waals surface area contributed by atoms with Gasteiger partial charge in [0.15, 0.2) is 0 Å². The molecule has 0 saturated carbocycles. The largest absolute Gasteiger partial charge is 0.497 e. The van der Waals surface area contributed by atoms with Crippen molar-refractivity contribution >= 4 is 5.91 Å². The smallest absolute Gasteiger partial charge is 0.248 e. The summed E-state index contributed by atoms with van der Waals surface area (Å²) in [6.45, 7) is 1.80. The van der Waals surface area contributed by atoms with Gasteiger partial charge in [-0.1, -0.05) is 24.3 Å². The molecule has 4 nitrogen and oxygen atoms in total. The average Bonchev–Trinajstić information content (AvgIpc) is 2.55. The Labute approximate surface area is 137 Å². The highest BCUT2D eigenvalue weighted by molar-refractivity contribution is 5.92. The van der Waals surface area contributed by atoms with Gasteiger partial charge in [-0.15, -0.1) is 0 Å². The molecule has 0 radical (unpaired) electrons. The molecular weight excluding hydrogens is 288 g/mol. The highest BCUT2D eigenvalue weighted by Crippen LogP contribution is 2.13. The van der Waals surface area contributed by atoms with Crippen molar-refractivity contribution in [1.82, 2.24) is 4.90 Å². The molecule has 2 aromatic rings. The topological polar surface area (TPSA) is 55.6 Å². The molecule has 0 aliphatic heterocycles. The zero-order valence-corrected chi connectivity index (χ0v) is 13.8. The molecule has 1 amide bonds. The van der Waals surface area contributed by atoms with Crippen LogP contribution in [0.4, 0.5) is 0 Å². The van der Waals surface area contributed by atoms with Crippen LogP contribution in [0.3, 0.4) is 0 Å². The molecule has 2 rings (SSSR count). The van der Waals surface area contributed by atoms with Crippen LogP contribution in [0.5, 0.6) is 5.75 Å². The lowest BCUT2D eigenvalue weighted by Gasteiger charge is -2.17. The number of methoxy groups -OCH3 is 1. The van der Waals surface area contributed by atoms with Gasteiger partial charge >= 0.3 is 0 Å². The van der Waals surface area contributed by atoms with Gasteiger partial charge in [-0.3, -0.25) is 4.79 Å². The summed E-state index contributed by atoms with van der Waals surface area (Å²) in [5.41, 5.74) is 8.30. The third kappa shape index (κ3) is 5.42. The first-order valence-corrected chi connectivity index (χ1v) is 7.78. The average molecular weight is 312 g/mol. The van der Waals surface area contributed by atoms with Gasteiger partial charge in [0.2, 0.25) is 5.91 Å². The number of primary amides is 1. The molecule has 2 aromatic carbocycles. The zero-order valence-electron chi connectivity index (χ0n) is 13.8. The Bertz CT molecular complexity index is 638. The van der Waals surface area contributed by atoms with Crippen molar-refractivity contribution in [3.05, 3.63) is 65.2 Å². The third-order valence-corrected chi connectivity index (χ3v) is 3.83. The molecule has 4 heteroatoms. The Morgan fingerprint density at radius 2 is 1.87 bits per heavy atom. The van der Waals surface area contributed by atoms with Crippen LogP contribution in [0.15, 0.2) is 48.5 Å². The number of ether oxygens (including phenoxy) is 1. The molecule has 0 saturated heterocycles. The molecule has 122 valence electrons. The Hall–Kier alpha value is -2.33. The number of hydrogen-bond acceptors (Lipinski definition) is 3. The number of carbonyl (C=O) groups excluding carboxylic acids is 1. The summed E-state index contributed by atoms with van der Waals surface area (Å²) in [6, 6.07) is 15.7. The van der Waals surface area contributed by atoms with Crippen LogP contribution in [-0.2, 0) is 13.0 Å². The molecule has 0 unspecified atom stereocenters. The molecule has 0 bridgehead atoms. The molecule has 2 N–H and O–H groups in total. The van der Waals surface area contributed by atoms with Gasteiger partial charge in [0.05, 0.1) is 7.11 Å². The van der Waals surface area contributed by atoms with E-state index >= 15 is 0 Å². The van der Waals surface area contributed by atoms with Crippen molar-refractivity contribution < 1.29 is 9.53 Å². The van der Waals surface area contributed by atoms with Crippen LogP contribution >= 0.6 is 0 Å². The number of benzene rings is 2. The molecule has 0 spiro atoms. The fourth-order valence-corrected chi connectivity index (χ4v) is 2.56. The maximum absolute atomic E-state index is 11.2. The molecule has 23 heavy (non-hydrogen) atoms. The molecule has 0 aliphatic rings. The number of nitrogens with two attached hydrogens (primary N) is 1. The van der Waals surface area contributed by atoms with Crippen molar-refractivity contribution in [3.63, 3.8) is 0 Å². The first-order valence-electron chi connectivity index (χ1n) is 7.78. The minimum Gasteiger partial charge on any atom is -0.497 e. The van der Waals surface area contributed by atoms with Crippen LogP contribution in [0.25, 0.3) is 0 Å². The normalized spacial score (nSPS) is 10.7. The van der Waals surface area contributed by atoms with E-state index in [1.54, 1.807) is 13.2 Å². The van der Waals surface area contributed by atoms with Gasteiger partial charge in [0.25, 0.3) is 0 Å². The summed E-state index contributed by atoms with van der Waals surface area (Å²) in [6.07, 6.45) is 2.12. The van der Waals surface area contributed by atoms with Gasteiger partial charge in [0, 0.05) is 12.1 Å². The first-order chi connectivity index (χ1) is 11.1. The Morgan fingerprint density at radius 3 is 2.52 bits per heavy atom. The minimum atomic E-state index is -0.381. The molecule has 0 aliphatic carbocycles. The lowest BCUT2D eigenvalue weighted by molar-refractivity contribution is 0.1000. The van der Waals surface area contributed by atoms with Crippen molar-refractivity contribution in [2.24, 2.45) is 5.73 Å². The molecule has 0 atom stereocenters. The number of hydrogen-bond donors (Lipinski definition) is 1. The second-order valence-corrected chi connectivity index (χ2v) is 5.75. The molecule has 0 heterocycles. The Kier molecular flexibility index (Phi) is 6.18. The van der Waals surface area contributed by atoms with E-state index in [1.807, 2.05) is 30.3 Å². The van der Waals surface area contributed by atoms with E-state index in [2.05, 4.69) is 24.1 Å². The fourth-order valence-electron chi connectivity index (χ4n) is 2.56. The SMILES string of the molecule is COc1ccc(CCCN(C)Cc2cccc(C(N)=O)c2)cc1. The van der Waals surface area contributed by atoms with E-state index in [0.29, 0.717) is 5.56 Å². The van der Waals surface area contributed by atoms with Crippen molar-refractivity contribution in [1.29, 1.82) is 0 Å². The second-order valence-electron chi connectivity index (χ2n) is 5.75. The van der Waals surface area contributed by atoms with Gasteiger partial charge in [-0.25, -0.2) is 0 Å². The minimum absolute atomic E-state index is 0.381. The zero-order chi connectivity index (χ0) is 16.7. The first kappa shape index (κ1) is 17.0. The van der Waals surface area contributed by atoms with Gasteiger partial charge in [-0.2, -0.15) is 0 Å². The van der Waals surface area contributed by atoms with E-state index in [4.69, 9.17) is 10.5 Å². The fraction of sp³-hybridized carbons (Fsp3) is 0.316. The number of nitrogens with zero attached hydrogens (tertiary/aromatic N) is 1. The van der Waals surface area contributed by atoms with Crippen LogP contribution in [0, 0.1) is 0 Å². The summed E-state index contributed by atoms with van der Waals surface area (Å²) in [7, 11) is 3.77. The predicted molar refractivity (Wildman–Crippen MR) is 92.6 cm³/mol. The van der Waals surface area contributed by atoms with E-state index < -0.39 is 0 Å². The lowest BCUT2D eigenvalue weighted by Crippen LogP contribution is -2.20.